The number of hydrogen-bond donors (Lipinski definition) is 2. The highest BCUT2D eigenvalue weighted by Gasteiger charge is 2.10. The highest BCUT2D eigenvalue weighted by Crippen LogP contribution is 2.20. The third-order valence-electron chi connectivity index (χ3n) is 2.95. The third-order valence-corrected chi connectivity index (χ3v) is 2.95. The van der Waals surface area contributed by atoms with Crippen LogP contribution in [0.1, 0.15) is 31.9 Å². The van der Waals surface area contributed by atoms with Gasteiger partial charge in [-0.2, -0.15) is 0 Å². The van der Waals surface area contributed by atoms with Gasteiger partial charge >= 0.3 is 0 Å². The largest absolute Gasteiger partial charge is 0.365 e. The van der Waals surface area contributed by atoms with Gasteiger partial charge in [0, 0.05) is 17.3 Å². The molecule has 4 heteroatoms. The van der Waals surface area contributed by atoms with Crippen LogP contribution in [0.2, 0.25) is 0 Å². The lowest BCUT2D eigenvalue weighted by atomic mass is 10.1. The Hall–Kier alpha value is -2.10. The molecule has 0 bridgehead atoms. The first-order valence-corrected chi connectivity index (χ1v) is 6.78. The Morgan fingerprint density at radius 3 is 2.25 bits per heavy atom. The van der Waals surface area contributed by atoms with Crippen molar-refractivity contribution in [1.29, 1.82) is 0 Å². The molecule has 2 rings (SSSR count). The van der Waals surface area contributed by atoms with Crippen molar-refractivity contribution in [2.45, 2.75) is 40.2 Å². The summed E-state index contributed by atoms with van der Waals surface area (Å²) in [6, 6.07) is 8.20. The van der Waals surface area contributed by atoms with Gasteiger partial charge in [0.1, 0.15) is 18.0 Å². The molecule has 0 fully saturated rings. The van der Waals surface area contributed by atoms with Crippen LogP contribution in [0.25, 0.3) is 0 Å². The van der Waals surface area contributed by atoms with Crippen molar-refractivity contribution in [3.05, 3.63) is 41.7 Å². The van der Waals surface area contributed by atoms with Crippen molar-refractivity contribution in [1.82, 2.24) is 9.97 Å². The maximum atomic E-state index is 4.25. The van der Waals surface area contributed by atoms with Crippen LogP contribution in [0, 0.1) is 13.8 Å². The number of benzene rings is 1. The first kappa shape index (κ1) is 14.3. The van der Waals surface area contributed by atoms with E-state index < -0.39 is 0 Å². The van der Waals surface area contributed by atoms with E-state index in [-0.39, 0.29) is 5.54 Å². The molecule has 20 heavy (non-hydrogen) atoms. The summed E-state index contributed by atoms with van der Waals surface area (Å²) in [5, 5.41) is 6.64. The normalized spacial score (nSPS) is 11.2. The molecule has 2 N–H and O–H groups in total. The second-order valence-corrected chi connectivity index (χ2v) is 6.09. The zero-order chi connectivity index (χ0) is 14.8. The van der Waals surface area contributed by atoms with Crippen LogP contribution in [0.15, 0.2) is 30.6 Å². The summed E-state index contributed by atoms with van der Waals surface area (Å²) in [6.07, 6.45) is 1.57. The fourth-order valence-electron chi connectivity index (χ4n) is 1.85. The number of rotatable bonds is 3. The van der Waals surface area contributed by atoms with E-state index >= 15 is 0 Å². The summed E-state index contributed by atoms with van der Waals surface area (Å²) in [5.41, 5.74) is 3.56. The van der Waals surface area contributed by atoms with Gasteiger partial charge in [-0.25, -0.2) is 9.97 Å². The first-order valence-electron chi connectivity index (χ1n) is 6.78. The van der Waals surface area contributed by atoms with E-state index in [1.807, 2.05) is 6.07 Å². The Labute approximate surface area is 120 Å². The molecule has 1 aromatic heterocycles. The fraction of sp³-hybridized carbons (Fsp3) is 0.375. The van der Waals surface area contributed by atoms with E-state index in [0.717, 1.165) is 17.3 Å². The minimum atomic E-state index is -0.0218. The van der Waals surface area contributed by atoms with Crippen molar-refractivity contribution in [3.8, 4) is 0 Å². The van der Waals surface area contributed by atoms with Crippen LogP contribution in [0.3, 0.4) is 0 Å². The molecule has 1 heterocycles. The summed E-state index contributed by atoms with van der Waals surface area (Å²) >= 11 is 0. The maximum Gasteiger partial charge on any atom is 0.135 e. The standard InChI is InChI=1S/C16H22N4/c1-11-6-7-13(8-12(11)2)19-14-9-15(18-10-17-14)20-16(3,4)5/h6-10H,1-5H3,(H2,17,18,19,20). The minimum Gasteiger partial charge on any atom is -0.365 e. The molecule has 0 atom stereocenters. The maximum absolute atomic E-state index is 4.25. The molecule has 0 spiro atoms. The van der Waals surface area contributed by atoms with Crippen LogP contribution >= 0.6 is 0 Å². The predicted molar refractivity (Wildman–Crippen MR) is 84.6 cm³/mol. The topological polar surface area (TPSA) is 49.8 Å². The molecule has 0 unspecified atom stereocenters. The van der Waals surface area contributed by atoms with Gasteiger partial charge in [0.2, 0.25) is 0 Å². The number of hydrogen-bond acceptors (Lipinski definition) is 4. The van der Waals surface area contributed by atoms with Crippen molar-refractivity contribution in [2.75, 3.05) is 10.6 Å². The van der Waals surface area contributed by atoms with Crippen LogP contribution < -0.4 is 10.6 Å². The van der Waals surface area contributed by atoms with Crippen LogP contribution in [0.5, 0.6) is 0 Å². The van der Waals surface area contributed by atoms with Gasteiger partial charge in [-0.15, -0.1) is 0 Å². The van der Waals surface area contributed by atoms with Gasteiger partial charge in [0.05, 0.1) is 0 Å². The molecule has 0 saturated carbocycles. The Balaban J connectivity index is 2.17. The Kier molecular flexibility index (Phi) is 3.93. The van der Waals surface area contributed by atoms with Gasteiger partial charge < -0.3 is 10.6 Å². The molecule has 0 aliphatic heterocycles. The summed E-state index contributed by atoms with van der Waals surface area (Å²) < 4.78 is 0. The predicted octanol–water partition coefficient (Wildman–Crippen LogP) is 4.05. The number of nitrogens with one attached hydrogen (secondary N) is 2. The molecule has 0 amide bonds. The molecular formula is C16H22N4. The van der Waals surface area contributed by atoms with Gasteiger partial charge in [-0.05, 0) is 57.9 Å². The first-order chi connectivity index (χ1) is 9.33. The van der Waals surface area contributed by atoms with E-state index in [1.165, 1.54) is 11.1 Å². The Morgan fingerprint density at radius 1 is 0.900 bits per heavy atom. The molecule has 0 aliphatic rings. The molecule has 0 aliphatic carbocycles. The fourth-order valence-corrected chi connectivity index (χ4v) is 1.85. The van der Waals surface area contributed by atoms with Crippen molar-refractivity contribution in [3.63, 3.8) is 0 Å². The van der Waals surface area contributed by atoms with Crippen LogP contribution in [-0.4, -0.2) is 15.5 Å². The average Bonchev–Trinajstić information content (AvgIpc) is 2.32. The summed E-state index contributed by atoms with van der Waals surface area (Å²) in [5.74, 6) is 1.61. The SMILES string of the molecule is Cc1ccc(Nc2cc(NC(C)(C)C)ncn2)cc1C. The monoisotopic (exact) mass is 270 g/mol. The van der Waals surface area contributed by atoms with E-state index in [2.05, 4.69) is 73.4 Å². The van der Waals surface area contributed by atoms with Gasteiger partial charge in [0.15, 0.2) is 0 Å². The molecule has 0 radical (unpaired) electrons. The van der Waals surface area contributed by atoms with Crippen LogP contribution in [-0.2, 0) is 0 Å². The zero-order valence-corrected chi connectivity index (χ0v) is 12.8. The summed E-state index contributed by atoms with van der Waals surface area (Å²) in [6.45, 7) is 10.5. The van der Waals surface area contributed by atoms with Gasteiger partial charge in [0.25, 0.3) is 0 Å². The van der Waals surface area contributed by atoms with Crippen molar-refractivity contribution >= 4 is 17.3 Å². The van der Waals surface area contributed by atoms with Gasteiger partial charge in [-0.1, -0.05) is 6.07 Å². The molecule has 4 nitrogen and oxygen atoms in total. The lowest BCUT2D eigenvalue weighted by Crippen LogP contribution is -2.26. The van der Waals surface area contributed by atoms with Gasteiger partial charge in [-0.3, -0.25) is 0 Å². The number of nitrogens with zero attached hydrogens (tertiary/aromatic N) is 2. The van der Waals surface area contributed by atoms with Crippen LogP contribution in [0.4, 0.5) is 17.3 Å². The van der Waals surface area contributed by atoms with E-state index in [4.69, 9.17) is 0 Å². The molecule has 106 valence electrons. The lowest BCUT2D eigenvalue weighted by Gasteiger charge is -2.21. The second-order valence-electron chi connectivity index (χ2n) is 6.09. The van der Waals surface area contributed by atoms with E-state index in [9.17, 15) is 0 Å². The van der Waals surface area contributed by atoms with Crippen molar-refractivity contribution in [2.24, 2.45) is 0 Å². The number of aromatic nitrogens is 2. The molecular weight excluding hydrogens is 248 g/mol. The van der Waals surface area contributed by atoms with Crippen molar-refractivity contribution < 1.29 is 0 Å². The number of anilines is 3. The number of aryl methyl sites for hydroxylation is 2. The molecule has 1 aromatic carbocycles. The Morgan fingerprint density at radius 2 is 1.60 bits per heavy atom. The second kappa shape index (κ2) is 5.49. The highest BCUT2D eigenvalue weighted by molar-refractivity contribution is 5.60. The lowest BCUT2D eigenvalue weighted by molar-refractivity contribution is 0.630. The smallest absolute Gasteiger partial charge is 0.135 e. The third kappa shape index (κ3) is 3.95. The summed E-state index contributed by atoms with van der Waals surface area (Å²) in [4.78, 5) is 8.49. The molecule has 2 aromatic rings. The summed E-state index contributed by atoms with van der Waals surface area (Å²) in [7, 11) is 0. The minimum absolute atomic E-state index is 0.0218. The zero-order valence-electron chi connectivity index (χ0n) is 12.8. The quantitative estimate of drug-likeness (QED) is 0.883. The Bertz CT molecular complexity index is 600. The average molecular weight is 270 g/mol. The highest BCUT2D eigenvalue weighted by atomic mass is 15.1. The van der Waals surface area contributed by atoms with E-state index in [1.54, 1.807) is 6.33 Å². The molecule has 0 saturated heterocycles. The van der Waals surface area contributed by atoms with E-state index in [0.29, 0.717) is 0 Å².